The predicted octanol–water partition coefficient (Wildman–Crippen LogP) is 3.71. The molecule has 3 heteroatoms. The van der Waals surface area contributed by atoms with E-state index in [1.54, 1.807) is 0 Å². The van der Waals surface area contributed by atoms with Crippen LogP contribution in [0.5, 0.6) is 5.88 Å². The van der Waals surface area contributed by atoms with E-state index < -0.39 is 0 Å². The molecule has 0 unspecified atom stereocenters. The fourth-order valence-electron chi connectivity index (χ4n) is 2.17. The van der Waals surface area contributed by atoms with Crippen LogP contribution in [0.4, 0.5) is 0 Å². The first-order valence-corrected chi connectivity index (χ1v) is 6.73. The molecule has 0 fully saturated rings. The molecule has 18 heavy (non-hydrogen) atoms. The number of aromatic nitrogens is 2. The summed E-state index contributed by atoms with van der Waals surface area (Å²) in [6.45, 7) is 6.11. The highest BCUT2D eigenvalue weighted by atomic mass is 16.5. The fourth-order valence-corrected chi connectivity index (χ4v) is 2.17. The monoisotopic (exact) mass is 246 g/mol. The summed E-state index contributed by atoms with van der Waals surface area (Å²) in [4.78, 5) is 0. The molecular weight excluding hydrogens is 224 g/mol. The van der Waals surface area contributed by atoms with Gasteiger partial charge in [0.1, 0.15) is 0 Å². The summed E-state index contributed by atoms with van der Waals surface area (Å²) in [5.74, 6) is 0.767. The number of hydrogen-bond donors (Lipinski definition) is 1. The van der Waals surface area contributed by atoms with Gasteiger partial charge in [0.2, 0.25) is 5.88 Å². The third kappa shape index (κ3) is 3.25. The van der Waals surface area contributed by atoms with E-state index in [1.165, 1.54) is 24.0 Å². The Morgan fingerprint density at radius 3 is 2.83 bits per heavy atom. The van der Waals surface area contributed by atoms with E-state index in [0.717, 1.165) is 24.4 Å². The molecule has 1 N–H and O–H groups in total. The van der Waals surface area contributed by atoms with Gasteiger partial charge in [-0.3, -0.25) is 5.10 Å². The lowest BCUT2D eigenvalue weighted by atomic mass is 10.00. The molecule has 2 rings (SSSR count). The quantitative estimate of drug-likeness (QED) is 0.860. The van der Waals surface area contributed by atoms with Crippen LogP contribution in [-0.4, -0.2) is 16.3 Å². The normalized spacial score (nSPS) is 15.0. The number of nitrogens with zero attached hydrogens (tertiary/aromatic N) is 1. The van der Waals surface area contributed by atoms with E-state index in [2.05, 4.69) is 35.3 Å². The first-order valence-electron chi connectivity index (χ1n) is 6.73. The Morgan fingerprint density at radius 2 is 2.17 bits per heavy atom. The maximum Gasteiger partial charge on any atom is 0.236 e. The Morgan fingerprint density at radius 1 is 1.33 bits per heavy atom. The van der Waals surface area contributed by atoms with Crippen molar-refractivity contribution in [2.24, 2.45) is 0 Å². The summed E-state index contributed by atoms with van der Waals surface area (Å²) < 4.78 is 5.73. The smallest absolute Gasteiger partial charge is 0.236 e. The second-order valence-electron chi connectivity index (χ2n) is 5.06. The predicted molar refractivity (Wildman–Crippen MR) is 73.9 cm³/mol. The van der Waals surface area contributed by atoms with Gasteiger partial charge >= 0.3 is 0 Å². The zero-order chi connectivity index (χ0) is 13.0. The van der Waals surface area contributed by atoms with Gasteiger partial charge in [-0.05, 0) is 46.5 Å². The third-order valence-corrected chi connectivity index (χ3v) is 3.12. The maximum atomic E-state index is 5.73. The topological polar surface area (TPSA) is 37.9 Å². The molecule has 1 aromatic heterocycles. The number of rotatable bonds is 5. The van der Waals surface area contributed by atoms with Crippen molar-refractivity contribution >= 4 is 0 Å². The number of H-pyrrole nitrogens is 1. The molecule has 1 aliphatic carbocycles. The molecule has 0 atom stereocenters. The van der Waals surface area contributed by atoms with E-state index in [1.807, 2.05) is 13.8 Å². The Kier molecular flexibility index (Phi) is 4.24. The van der Waals surface area contributed by atoms with Crippen molar-refractivity contribution in [1.29, 1.82) is 0 Å². The first-order chi connectivity index (χ1) is 8.66. The van der Waals surface area contributed by atoms with Crippen LogP contribution in [-0.2, 0) is 6.42 Å². The lowest BCUT2D eigenvalue weighted by Crippen LogP contribution is -2.07. The number of ether oxygens (including phenoxy) is 1. The van der Waals surface area contributed by atoms with Gasteiger partial charge in [-0.25, -0.2) is 0 Å². The summed E-state index contributed by atoms with van der Waals surface area (Å²) in [6.07, 6.45) is 11.4. The highest BCUT2D eigenvalue weighted by Gasteiger charge is 2.13. The van der Waals surface area contributed by atoms with Gasteiger partial charge in [-0.1, -0.05) is 23.8 Å². The summed E-state index contributed by atoms with van der Waals surface area (Å²) in [5.41, 5.74) is 3.76. The fraction of sp³-hybridized carbons (Fsp3) is 0.533. The Balaban J connectivity index is 2.01. The molecule has 1 heterocycles. The average molecular weight is 246 g/mol. The van der Waals surface area contributed by atoms with E-state index in [0.29, 0.717) is 0 Å². The van der Waals surface area contributed by atoms with Gasteiger partial charge in [0.15, 0.2) is 0 Å². The number of hydrogen-bond acceptors (Lipinski definition) is 2. The molecule has 0 radical (unpaired) electrons. The van der Waals surface area contributed by atoms with Crippen LogP contribution in [0.3, 0.4) is 0 Å². The Bertz CT molecular complexity index is 455. The second-order valence-corrected chi connectivity index (χ2v) is 5.06. The van der Waals surface area contributed by atoms with Crippen LogP contribution in [0.25, 0.3) is 0 Å². The van der Waals surface area contributed by atoms with Crippen LogP contribution in [0.1, 0.15) is 44.4 Å². The molecule has 3 nitrogen and oxygen atoms in total. The average Bonchev–Trinajstić information content (AvgIpc) is 2.68. The van der Waals surface area contributed by atoms with Gasteiger partial charge < -0.3 is 4.74 Å². The minimum atomic E-state index is 0.167. The molecule has 1 aliphatic rings. The van der Waals surface area contributed by atoms with Crippen molar-refractivity contribution in [2.45, 2.75) is 52.6 Å². The van der Waals surface area contributed by atoms with E-state index >= 15 is 0 Å². The lowest BCUT2D eigenvalue weighted by Gasteiger charge is -2.10. The third-order valence-electron chi connectivity index (χ3n) is 3.12. The van der Waals surface area contributed by atoms with Gasteiger partial charge in [-0.15, -0.1) is 5.10 Å². The van der Waals surface area contributed by atoms with Crippen molar-refractivity contribution < 1.29 is 4.74 Å². The van der Waals surface area contributed by atoms with Crippen LogP contribution in [0.2, 0.25) is 0 Å². The van der Waals surface area contributed by atoms with Crippen molar-refractivity contribution in [1.82, 2.24) is 10.2 Å². The molecule has 0 amide bonds. The number of aryl methyl sites for hydroxylation is 1. The lowest BCUT2D eigenvalue weighted by molar-refractivity contribution is 0.230. The zero-order valence-corrected chi connectivity index (χ0v) is 11.5. The maximum absolute atomic E-state index is 5.73. The van der Waals surface area contributed by atoms with Crippen molar-refractivity contribution in [2.75, 3.05) is 0 Å². The highest BCUT2D eigenvalue weighted by Crippen LogP contribution is 2.24. The number of nitrogens with one attached hydrogen (secondary N) is 1. The van der Waals surface area contributed by atoms with Gasteiger partial charge in [0.05, 0.1) is 6.10 Å². The minimum absolute atomic E-state index is 0.167. The molecule has 1 aromatic rings. The molecule has 0 aliphatic heterocycles. The Labute approximate surface area is 109 Å². The highest BCUT2D eigenvalue weighted by molar-refractivity contribution is 5.32. The summed E-state index contributed by atoms with van der Waals surface area (Å²) >= 11 is 0. The molecule has 0 spiro atoms. The molecule has 98 valence electrons. The molecule has 0 saturated carbocycles. The standard InChI is InChI=1S/C15H22N2O/c1-11(2)18-15-14(12(3)16-17-15)10-9-13-7-5-4-6-8-13/h5,7-8,11H,4,6,9-10H2,1-3H3,(H,16,17). The SMILES string of the molecule is Cc1[nH]nc(OC(C)C)c1CCC1=CCCC=C1. The van der Waals surface area contributed by atoms with E-state index in [-0.39, 0.29) is 6.10 Å². The molecule has 0 saturated heterocycles. The Hall–Kier alpha value is -1.51. The first kappa shape index (κ1) is 12.9. The zero-order valence-electron chi connectivity index (χ0n) is 11.5. The van der Waals surface area contributed by atoms with Crippen LogP contribution >= 0.6 is 0 Å². The van der Waals surface area contributed by atoms with Crippen LogP contribution < -0.4 is 4.74 Å². The molecule has 0 aromatic carbocycles. The summed E-state index contributed by atoms with van der Waals surface area (Å²) in [6, 6.07) is 0. The minimum Gasteiger partial charge on any atom is -0.474 e. The van der Waals surface area contributed by atoms with Crippen molar-refractivity contribution in [3.63, 3.8) is 0 Å². The summed E-state index contributed by atoms with van der Waals surface area (Å²) in [5, 5.41) is 7.25. The van der Waals surface area contributed by atoms with Gasteiger partial charge in [0.25, 0.3) is 0 Å². The van der Waals surface area contributed by atoms with Gasteiger partial charge in [-0.2, -0.15) is 0 Å². The molecule has 0 bridgehead atoms. The van der Waals surface area contributed by atoms with Gasteiger partial charge in [0, 0.05) is 11.3 Å². The second kappa shape index (κ2) is 5.89. The van der Waals surface area contributed by atoms with Crippen molar-refractivity contribution in [3.8, 4) is 5.88 Å². The molecular formula is C15H22N2O. The largest absolute Gasteiger partial charge is 0.474 e. The van der Waals surface area contributed by atoms with Crippen LogP contribution in [0, 0.1) is 6.92 Å². The van der Waals surface area contributed by atoms with Crippen LogP contribution in [0.15, 0.2) is 23.8 Å². The number of allylic oxidation sites excluding steroid dienone is 4. The van der Waals surface area contributed by atoms with E-state index in [9.17, 15) is 0 Å². The van der Waals surface area contributed by atoms with E-state index in [4.69, 9.17) is 4.74 Å². The summed E-state index contributed by atoms with van der Waals surface area (Å²) in [7, 11) is 0. The number of aromatic amines is 1. The van der Waals surface area contributed by atoms with Crippen molar-refractivity contribution in [3.05, 3.63) is 35.1 Å².